The van der Waals surface area contributed by atoms with E-state index in [1.807, 2.05) is 18.2 Å². The molecule has 1 aliphatic heterocycles. The Kier molecular flexibility index (Phi) is 2.84. The van der Waals surface area contributed by atoms with Gasteiger partial charge in [-0.25, -0.2) is 0 Å². The fourth-order valence-electron chi connectivity index (χ4n) is 1.57. The molecule has 2 N–H and O–H groups in total. The zero-order valence-corrected chi connectivity index (χ0v) is 9.90. The molecular formula is C10H11BrClNO. The van der Waals surface area contributed by atoms with Gasteiger partial charge in [-0.1, -0.05) is 27.5 Å². The van der Waals surface area contributed by atoms with Crippen LogP contribution in [0.2, 0.25) is 5.02 Å². The number of β-amino-alcohol motifs (C(OH)–C–C–N with tert-alkyl or cyclic N) is 1. The maximum Gasteiger partial charge on any atom is 0.0935 e. The average Bonchev–Trinajstić information content (AvgIpc) is 2.09. The van der Waals surface area contributed by atoms with Gasteiger partial charge in [0.2, 0.25) is 0 Å². The highest BCUT2D eigenvalue weighted by Crippen LogP contribution is 2.26. The third-order valence-electron chi connectivity index (χ3n) is 2.44. The molecule has 1 aromatic rings. The predicted octanol–water partition coefficient (Wildman–Crippen LogP) is 1.98. The van der Waals surface area contributed by atoms with Gasteiger partial charge in [0.1, 0.15) is 0 Å². The van der Waals surface area contributed by atoms with Gasteiger partial charge in [-0.3, -0.25) is 0 Å². The lowest BCUT2D eigenvalue weighted by Crippen LogP contribution is -2.60. The maximum atomic E-state index is 9.94. The van der Waals surface area contributed by atoms with Crippen molar-refractivity contribution in [2.45, 2.75) is 12.0 Å². The molecule has 1 aliphatic rings. The van der Waals surface area contributed by atoms with Gasteiger partial charge in [0.05, 0.1) is 5.60 Å². The van der Waals surface area contributed by atoms with Crippen molar-refractivity contribution in [2.75, 3.05) is 13.1 Å². The first-order valence-corrected chi connectivity index (χ1v) is 5.63. The van der Waals surface area contributed by atoms with E-state index in [1.165, 1.54) is 0 Å². The fraction of sp³-hybridized carbons (Fsp3) is 0.400. The summed E-state index contributed by atoms with van der Waals surface area (Å²) in [4.78, 5) is 0. The molecule has 2 rings (SSSR count). The number of halogens is 2. The SMILES string of the molecule is OC1(Cc2cc(Br)ccc2Cl)CNC1. The number of benzene rings is 1. The molecule has 1 fully saturated rings. The van der Waals surface area contributed by atoms with E-state index in [4.69, 9.17) is 11.6 Å². The molecule has 76 valence electrons. The van der Waals surface area contributed by atoms with Gasteiger partial charge in [-0.05, 0) is 23.8 Å². The Morgan fingerprint density at radius 2 is 2.21 bits per heavy atom. The molecular weight excluding hydrogens is 265 g/mol. The Hall–Kier alpha value is -0.0900. The van der Waals surface area contributed by atoms with Crippen molar-refractivity contribution in [1.29, 1.82) is 0 Å². The Balaban J connectivity index is 2.19. The summed E-state index contributed by atoms with van der Waals surface area (Å²) in [7, 11) is 0. The van der Waals surface area contributed by atoms with Crippen molar-refractivity contribution >= 4 is 27.5 Å². The second-order valence-corrected chi connectivity index (χ2v) is 5.06. The highest BCUT2D eigenvalue weighted by Gasteiger charge is 2.34. The van der Waals surface area contributed by atoms with Crippen LogP contribution in [0.5, 0.6) is 0 Å². The molecule has 0 amide bonds. The lowest BCUT2D eigenvalue weighted by atomic mass is 9.89. The Morgan fingerprint density at radius 3 is 2.79 bits per heavy atom. The van der Waals surface area contributed by atoms with E-state index in [2.05, 4.69) is 21.2 Å². The van der Waals surface area contributed by atoms with E-state index in [1.54, 1.807) is 0 Å². The third kappa shape index (κ3) is 2.11. The molecule has 0 unspecified atom stereocenters. The molecule has 14 heavy (non-hydrogen) atoms. The van der Waals surface area contributed by atoms with Crippen molar-refractivity contribution in [1.82, 2.24) is 5.32 Å². The van der Waals surface area contributed by atoms with Crippen LogP contribution in [-0.2, 0) is 6.42 Å². The van der Waals surface area contributed by atoms with Crippen molar-refractivity contribution in [3.8, 4) is 0 Å². The van der Waals surface area contributed by atoms with Crippen LogP contribution in [0.4, 0.5) is 0 Å². The Morgan fingerprint density at radius 1 is 1.50 bits per heavy atom. The molecule has 0 spiro atoms. The van der Waals surface area contributed by atoms with Crippen LogP contribution in [0.1, 0.15) is 5.56 Å². The molecule has 0 aromatic heterocycles. The molecule has 0 saturated carbocycles. The summed E-state index contributed by atoms with van der Waals surface area (Å²) in [6.07, 6.45) is 0.609. The van der Waals surface area contributed by atoms with Crippen molar-refractivity contribution < 1.29 is 5.11 Å². The highest BCUT2D eigenvalue weighted by molar-refractivity contribution is 9.10. The number of nitrogens with one attached hydrogen (secondary N) is 1. The Bertz CT molecular complexity index is 352. The highest BCUT2D eigenvalue weighted by atomic mass is 79.9. The van der Waals surface area contributed by atoms with Gasteiger partial charge in [0, 0.05) is 29.0 Å². The number of aliphatic hydroxyl groups is 1. The largest absolute Gasteiger partial charge is 0.387 e. The van der Waals surface area contributed by atoms with E-state index < -0.39 is 5.60 Å². The summed E-state index contributed by atoms with van der Waals surface area (Å²) in [5.74, 6) is 0. The molecule has 0 atom stereocenters. The van der Waals surface area contributed by atoms with Gasteiger partial charge >= 0.3 is 0 Å². The van der Waals surface area contributed by atoms with Gasteiger partial charge < -0.3 is 10.4 Å². The van der Waals surface area contributed by atoms with Crippen molar-refractivity contribution in [2.24, 2.45) is 0 Å². The summed E-state index contributed by atoms with van der Waals surface area (Å²) in [6, 6.07) is 5.70. The minimum atomic E-state index is -0.607. The van der Waals surface area contributed by atoms with Crippen LogP contribution in [0.15, 0.2) is 22.7 Å². The first-order chi connectivity index (χ1) is 6.59. The molecule has 1 heterocycles. The second kappa shape index (κ2) is 3.81. The number of rotatable bonds is 2. The molecule has 0 radical (unpaired) electrons. The summed E-state index contributed by atoms with van der Waals surface area (Å²) >= 11 is 9.42. The summed E-state index contributed by atoms with van der Waals surface area (Å²) < 4.78 is 0.993. The van der Waals surface area contributed by atoms with Gasteiger partial charge in [0.25, 0.3) is 0 Å². The van der Waals surface area contributed by atoms with Crippen LogP contribution < -0.4 is 5.32 Å². The molecule has 2 nitrogen and oxygen atoms in total. The molecule has 0 aliphatic carbocycles. The topological polar surface area (TPSA) is 32.3 Å². The molecule has 4 heteroatoms. The van der Waals surface area contributed by atoms with E-state index in [-0.39, 0.29) is 0 Å². The van der Waals surface area contributed by atoms with E-state index in [0.29, 0.717) is 24.5 Å². The zero-order valence-electron chi connectivity index (χ0n) is 7.56. The number of hydrogen-bond donors (Lipinski definition) is 2. The van der Waals surface area contributed by atoms with Crippen LogP contribution in [-0.4, -0.2) is 23.8 Å². The Labute approximate surface area is 96.4 Å². The van der Waals surface area contributed by atoms with E-state index in [0.717, 1.165) is 10.0 Å². The quantitative estimate of drug-likeness (QED) is 0.866. The summed E-state index contributed by atoms with van der Waals surface area (Å²) in [5.41, 5.74) is 0.384. The van der Waals surface area contributed by atoms with Gasteiger partial charge in [0.15, 0.2) is 0 Å². The second-order valence-electron chi connectivity index (χ2n) is 3.74. The first kappa shape index (κ1) is 10.4. The van der Waals surface area contributed by atoms with Gasteiger partial charge in [-0.2, -0.15) is 0 Å². The average molecular weight is 277 g/mol. The standard InChI is InChI=1S/C10H11BrClNO/c11-8-1-2-9(12)7(3-8)4-10(14)5-13-6-10/h1-3,13-14H,4-6H2. The molecule has 1 saturated heterocycles. The van der Waals surface area contributed by atoms with Crippen molar-refractivity contribution in [3.63, 3.8) is 0 Å². The van der Waals surface area contributed by atoms with E-state index in [9.17, 15) is 5.11 Å². The predicted molar refractivity (Wildman–Crippen MR) is 60.7 cm³/mol. The van der Waals surface area contributed by atoms with Crippen LogP contribution in [0, 0.1) is 0 Å². The monoisotopic (exact) mass is 275 g/mol. The van der Waals surface area contributed by atoms with Crippen LogP contribution >= 0.6 is 27.5 Å². The van der Waals surface area contributed by atoms with E-state index >= 15 is 0 Å². The normalized spacial score (nSPS) is 19.1. The van der Waals surface area contributed by atoms with Crippen LogP contribution in [0.25, 0.3) is 0 Å². The minimum absolute atomic E-state index is 0.607. The van der Waals surface area contributed by atoms with Gasteiger partial charge in [-0.15, -0.1) is 0 Å². The third-order valence-corrected chi connectivity index (χ3v) is 3.30. The minimum Gasteiger partial charge on any atom is -0.387 e. The smallest absolute Gasteiger partial charge is 0.0935 e. The molecule has 1 aromatic carbocycles. The lowest BCUT2D eigenvalue weighted by molar-refractivity contribution is -0.00901. The fourth-order valence-corrected chi connectivity index (χ4v) is 2.16. The zero-order chi connectivity index (χ0) is 10.2. The number of hydrogen-bond acceptors (Lipinski definition) is 2. The van der Waals surface area contributed by atoms with Crippen LogP contribution in [0.3, 0.4) is 0 Å². The summed E-state index contributed by atoms with van der Waals surface area (Å²) in [6.45, 7) is 1.30. The maximum absolute atomic E-state index is 9.94. The summed E-state index contributed by atoms with van der Waals surface area (Å²) in [5, 5.41) is 13.7. The first-order valence-electron chi connectivity index (χ1n) is 4.46. The lowest BCUT2D eigenvalue weighted by Gasteiger charge is -2.37. The molecule has 0 bridgehead atoms. The van der Waals surface area contributed by atoms with Crippen molar-refractivity contribution in [3.05, 3.63) is 33.3 Å².